The van der Waals surface area contributed by atoms with Gasteiger partial charge in [0.1, 0.15) is 0 Å². The van der Waals surface area contributed by atoms with Gasteiger partial charge in [0.25, 0.3) is 0 Å². The fourth-order valence-electron chi connectivity index (χ4n) is 1.51. The predicted octanol–water partition coefficient (Wildman–Crippen LogP) is -0.208. The van der Waals surface area contributed by atoms with Gasteiger partial charge in [0.05, 0.1) is 0 Å². The van der Waals surface area contributed by atoms with Crippen LogP contribution in [0, 0.1) is 0 Å². The minimum atomic E-state index is 0.319. The Balaban J connectivity index is 1.99. The molecule has 0 aromatic heterocycles. The molecule has 1 aliphatic heterocycles. The van der Waals surface area contributed by atoms with Gasteiger partial charge in [-0.25, -0.2) is 0 Å². The summed E-state index contributed by atoms with van der Waals surface area (Å²) >= 11 is 0. The van der Waals surface area contributed by atoms with Gasteiger partial charge in [-0.1, -0.05) is 0 Å². The van der Waals surface area contributed by atoms with E-state index in [2.05, 4.69) is 4.90 Å². The number of unbranched alkanes of at least 4 members (excludes halogenated alkanes) is 1. The highest BCUT2D eigenvalue weighted by Gasteiger charge is 2.17. The molecule has 3 heteroatoms. The van der Waals surface area contributed by atoms with E-state index in [0.29, 0.717) is 12.6 Å². The van der Waals surface area contributed by atoms with E-state index in [9.17, 15) is 0 Å². The van der Waals surface area contributed by atoms with Crippen molar-refractivity contribution >= 4 is 0 Å². The molecule has 0 bridgehead atoms. The Labute approximate surface area is 68.2 Å². The second kappa shape index (κ2) is 4.70. The summed E-state index contributed by atoms with van der Waals surface area (Å²) in [4.78, 5) is 2.38. The van der Waals surface area contributed by atoms with Crippen LogP contribution in [-0.4, -0.2) is 42.3 Å². The van der Waals surface area contributed by atoms with Gasteiger partial charge in [0, 0.05) is 19.2 Å². The number of aliphatic hydroxyl groups is 1. The van der Waals surface area contributed by atoms with Gasteiger partial charge in [-0.2, -0.15) is 0 Å². The molecule has 1 saturated heterocycles. The fourth-order valence-corrected chi connectivity index (χ4v) is 1.51. The summed E-state index contributed by atoms with van der Waals surface area (Å²) in [7, 11) is 0. The minimum Gasteiger partial charge on any atom is -0.396 e. The van der Waals surface area contributed by atoms with Crippen molar-refractivity contribution in [2.75, 3.05) is 26.2 Å². The number of hydrogen-bond donors (Lipinski definition) is 2. The van der Waals surface area contributed by atoms with Crippen LogP contribution in [0.3, 0.4) is 0 Å². The zero-order chi connectivity index (χ0) is 8.10. The Bertz CT molecular complexity index is 108. The smallest absolute Gasteiger partial charge is 0.0431 e. The number of nitrogens with two attached hydrogens (primary N) is 1. The van der Waals surface area contributed by atoms with Crippen LogP contribution < -0.4 is 5.73 Å². The number of rotatable bonds is 4. The van der Waals surface area contributed by atoms with E-state index in [-0.39, 0.29) is 0 Å². The molecule has 3 nitrogen and oxygen atoms in total. The maximum atomic E-state index is 8.55. The molecule has 1 heterocycles. The molecule has 3 N–H and O–H groups in total. The molecule has 0 aliphatic carbocycles. The lowest BCUT2D eigenvalue weighted by Crippen LogP contribution is -2.27. The molecular formula is C8H18N2O. The van der Waals surface area contributed by atoms with Crippen LogP contribution in [0.25, 0.3) is 0 Å². The molecule has 0 aromatic carbocycles. The van der Waals surface area contributed by atoms with Gasteiger partial charge in [-0.3, -0.25) is 0 Å². The summed E-state index contributed by atoms with van der Waals surface area (Å²) in [5, 5.41) is 8.55. The number of likely N-dealkylation sites (tertiary alicyclic amines) is 1. The first-order valence-electron chi connectivity index (χ1n) is 4.41. The molecule has 0 unspecified atom stereocenters. The molecule has 66 valence electrons. The summed E-state index contributed by atoms with van der Waals surface area (Å²) in [6.07, 6.45) is 3.16. The maximum absolute atomic E-state index is 8.55. The fraction of sp³-hybridized carbons (Fsp3) is 1.00. The Morgan fingerprint density at radius 1 is 1.45 bits per heavy atom. The van der Waals surface area contributed by atoms with Crippen LogP contribution in [-0.2, 0) is 0 Å². The number of hydrogen-bond acceptors (Lipinski definition) is 3. The second-order valence-electron chi connectivity index (χ2n) is 3.28. The van der Waals surface area contributed by atoms with Crippen molar-refractivity contribution in [2.24, 2.45) is 5.73 Å². The molecule has 1 fully saturated rings. The van der Waals surface area contributed by atoms with Crippen molar-refractivity contribution in [1.82, 2.24) is 4.90 Å². The second-order valence-corrected chi connectivity index (χ2v) is 3.28. The van der Waals surface area contributed by atoms with E-state index in [1.165, 1.54) is 0 Å². The Kier molecular flexibility index (Phi) is 3.83. The lowest BCUT2D eigenvalue weighted by Gasteiger charge is -2.13. The summed E-state index contributed by atoms with van der Waals surface area (Å²) < 4.78 is 0. The number of aliphatic hydroxyl groups excluding tert-OH is 1. The first-order chi connectivity index (χ1) is 5.33. The molecule has 0 saturated carbocycles. The Morgan fingerprint density at radius 2 is 2.27 bits per heavy atom. The van der Waals surface area contributed by atoms with Gasteiger partial charge >= 0.3 is 0 Å². The van der Waals surface area contributed by atoms with Crippen molar-refractivity contribution in [3.63, 3.8) is 0 Å². The van der Waals surface area contributed by atoms with Crippen molar-refractivity contribution in [3.05, 3.63) is 0 Å². The van der Waals surface area contributed by atoms with Crippen LogP contribution in [0.5, 0.6) is 0 Å². The molecule has 1 aliphatic rings. The van der Waals surface area contributed by atoms with Gasteiger partial charge in [-0.15, -0.1) is 0 Å². The van der Waals surface area contributed by atoms with Crippen molar-refractivity contribution in [2.45, 2.75) is 25.3 Å². The third-order valence-electron chi connectivity index (χ3n) is 2.19. The third kappa shape index (κ3) is 3.18. The van der Waals surface area contributed by atoms with Gasteiger partial charge in [0.15, 0.2) is 0 Å². The molecule has 0 amide bonds. The molecule has 0 spiro atoms. The Hall–Kier alpha value is -0.120. The largest absolute Gasteiger partial charge is 0.396 e. The average Bonchev–Trinajstić information content (AvgIpc) is 2.37. The summed E-state index contributed by atoms with van der Waals surface area (Å²) in [6, 6.07) is 0.393. The van der Waals surface area contributed by atoms with Crippen LogP contribution >= 0.6 is 0 Å². The van der Waals surface area contributed by atoms with Crippen molar-refractivity contribution < 1.29 is 5.11 Å². The maximum Gasteiger partial charge on any atom is 0.0431 e. The normalized spacial score (nSPS) is 26.2. The van der Waals surface area contributed by atoms with E-state index in [1.807, 2.05) is 0 Å². The summed E-state index contributed by atoms with van der Waals surface area (Å²) in [6.45, 7) is 3.62. The highest BCUT2D eigenvalue weighted by molar-refractivity contribution is 4.77. The van der Waals surface area contributed by atoms with Crippen LogP contribution in [0.2, 0.25) is 0 Å². The van der Waals surface area contributed by atoms with Crippen LogP contribution in [0.15, 0.2) is 0 Å². The van der Waals surface area contributed by atoms with Gasteiger partial charge in [-0.05, 0) is 32.4 Å². The van der Waals surface area contributed by atoms with Crippen molar-refractivity contribution in [1.29, 1.82) is 0 Å². The summed E-state index contributed by atoms with van der Waals surface area (Å²) in [5.74, 6) is 0. The third-order valence-corrected chi connectivity index (χ3v) is 2.19. The molecule has 11 heavy (non-hydrogen) atoms. The first kappa shape index (κ1) is 8.97. The zero-order valence-corrected chi connectivity index (χ0v) is 7.00. The molecule has 1 atom stereocenters. The monoisotopic (exact) mass is 158 g/mol. The van der Waals surface area contributed by atoms with E-state index >= 15 is 0 Å². The topological polar surface area (TPSA) is 49.5 Å². The zero-order valence-electron chi connectivity index (χ0n) is 7.00. The molecule has 0 aromatic rings. The molecular weight excluding hydrogens is 140 g/mol. The Morgan fingerprint density at radius 3 is 2.82 bits per heavy atom. The van der Waals surface area contributed by atoms with E-state index < -0.39 is 0 Å². The SMILES string of the molecule is N[C@H]1CCN(CCCCO)C1. The lowest BCUT2D eigenvalue weighted by molar-refractivity contribution is 0.263. The van der Waals surface area contributed by atoms with Gasteiger partial charge < -0.3 is 15.7 Å². The van der Waals surface area contributed by atoms with E-state index in [1.54, 1.807) is 0 Å². The van der Waals surface area contributed by atoms with Crippen LogP contribution in [0.4, 0.5) is 0 Å². The van der Waals surface area contributed by atoms with E-state index in [0.717, 1.165) is 38.9 Å². The number of nitrogens with zero attached hydrogens (tertiary/aromatic N) is 1. The van der Waals surface area contributed by atoms with Crippen LogP contribution in [0.1, 0.15) is 19.3 Å². The van der Waals surface area contributed by atoms with Crippen molar-refractivity contribution in [3.8, 4) is 0 Å². The summed E-state index contributed by atoms with van der Waals surface area (Å²) in [5.41, 5.74) is 5.74. The molecule has 0 radical (unpaired) electrons. The molecule has 1 rings (SSSR count). The predicted molar refractivity (Wildman–Crippen MR) is 45.4 cm³/mol. The minimum absolute atomic E-state index is 0.319. The quantitative estimate of drug-likeness (QED) is 0.557. The highest BCUT2D eigenvalue weighted by Crippen LogP contribution is 2.07. The average molecular weight is 158 g/mol. The van der Waals surface area contributed by atoms with E-state index in [4.69, 9.17) is 10.8 Å². The highest BCUT2D eigenvalue weighted by atomic mass is 16.2. The lowest BCUT2D eigenvalue weighted by atomic mass is 10.3. The first-order valence-corrected chi connectivity index (χ1v) is 4.41. The van der Waals surface area contributed by atoms with Gasteiger partial charge in [0.2, 0.25) is 0 Å². The standard InChI is InChI=1S/C8H18N2O/c9-8-3-5-10(7-8)4-1-2-6-11/h8,11H,1-7,9H2/t8-/m0/s1.